The van der Waals surface area contributed by atoms with Gasteiger partial charge in [0.25, 0.3) is 0 Å². The second-order valence-corrected chi connectivity index (χ2v) is 4.74. The highest BCUT2D eigenvalue weighted by Gasteiger charge is 2.13. The van der Waals surface area contributed by atoms with E-state index in [1.165, 1.54) is 0 Å². The molecule has 0 aromatic carbocycles. The van der Waals surface area contributed by atoms with E-state index in [0.29, 0.717) is 11.8 Å². The quantitative estimate of drug-likeness (QED) is 0.676. The van der Waals surface area contributed by atoms with Crippen molar-refractivity contribution < 1.29 is 4.79 Å². The van der Waals surface area contributed by atoms with Crippen LogP contribution in [-0.2, 0) is 4.79 Å². The number of hydrogen-bond acceptors (Lipinski definition) is 3. The number of carbonyl (C=O) groups excluding carboxylic acids is 1. The predicted molar refractivity (Wildman–Crippen MR) is 63.4 cm³/mol. The average Bonchev–Trinajstić information content (AvgIpc) is 2.19. The van der Waals surface area contributed by atoms with Gasteiger partial charge in [0.05, 0.1) is 0 Å². The molecule has 0 radical (unpaired) electrons. The van der Waals surface area contributed by atoms with Gasteiger partial charge in [-0.05, 0) is 19.1 Å². The zero-order valence-corrected chi connectivity index (χ0v) is 10.2. The summed E-state index contributed by atoms with van der Waals surface area (Å²) in [6, 6.07) is 0. The van der Waals surface area contributed by atoms with Gasteiger partial charge < -0.3 is 11.1 Å². The average molecular weight is 218 g/mol. The lowest BCUT2D eigenvalue weighted by atomic mass is 10.1. The largest absolute Gasteiger partial charge is 0.356 e. The molecular formula is C10H22N2OS. The summed E-state index contributed by atoms with van der Waals surface area (Å²) in [6.07, 6.45) is 3.93. The summed E-state index contributed by atoms with van der Waals surface area (Å²) in [5.41, 5.74) is 5.48. The van der Waals surface area contributed by atoms with Gasteiger partial charge in [0, 0.05) is 24.3 Å². The number of carbonyl (C=O) groups is 1. The minimum atomic E-state index is -0.0143. The van der Waals surface area contributed by atoms with Crippen LogP contribution < -0.4 is 11.1 Å². The Morgan fingerprint density at radius 2 is 2.21 bits per heavy atom. The van der Waals surface area contributed by atoms with Crippen molar-refractivity contribution in [2.45, 2.75) is 31.9 Å². The van der Waals surface area contributed by atoms with Crippen LogP contribution in [-0.4, -0.2) is 30.5 Å². The fraction of sp³-hybridized carbons (Fsp3) is 0.900. The molecule has 3 N–H and O–H groups in total. The molecule has 1 amide bonds. The maximum atomic E-state index is 11.5. The third-order valence-corrected chi connectivity index (χ3v) is 3.44. The van der Waals surface area contributed by atoms with Crippen LogP contribution in [0.2, 0.25) is 0 Å². The summed E-state index contributed by atoms with van der Waals surface area (Å²) in [6.45, 7) is 5.36. The molecule has 0 aliphatic rings. The molecule has 2 atom stereocenters. The summed E-state index contributed by atoms with van der Waals surface area (Å²) in [5.74, 6) is 0.0860. The first-order chi connectivity index (χ1) is 6.65. The van der Waals surface area contributed by atoms with Crippen molar-refractivity contribution >= 4 is 17.7 Å². The van der Waals surface area contributed by atoms with Crippen LogP contribution in [0.5, 0.6) is 0 Å². The lowest BCUT2D eigenvalue weighted by molar-refractivity contribution is -0.124. The molecule has 0 heterocycles. The highest BCUT2D eigenvalue weighted by atomic mass is 32.2. The Kier molecular flexibility index (Phi) is 7.99. The standard InChI is InChI=1S/C10H22N2OS/c1-4-9(7-11)10(13)12-6-5-8(2)14-3/h8-9H,4-7,11H2,1-3H3,(H,12,13). The zero-order chi connectivity index (χ0) is 11.0. The van der Waals surface area contributed by atoms with Gasteiger partial charge in [0.15, 0.2) is 0 Å². The van der Waals surface area contributed by atoms with E-state index in [1.807, 2.05) is 18.7 Å². The van der Waals surface area contributed by atoms with Gasteiger partial charge in [0.2, 0.25) is 5.91 Å². The Labute approximate surface area is 91.2 Å². The number of thioether (sulfide) groups is 1. The van der Waals surface area contributed by atoms with Gasteiger partial charge in [-0.15, -0.1) is 0 Å². The third-order valence-electron chi connectivity index (χ3n) is 2.40. The Balaban J connectivity index is 3.62. The van der Waals surface area contributed by atoms with E-state index in [2.05, 4.69) is 18.5 Å². The van der Waals surface area contributed by atoms with E-state index in [0.717, 1.165) is 19.4 Å². The minimum absolute atomic E-state index is 0.0143. The van der Waals surface area contributed by atoms with E-state index >= 15 is 0 Å². The number of hydrogen-bond donors (Lipinski definition) is 2. The summed E-state index contributed by atoms with van der Waals surface area (Å²) in [4.78, 5) is 11.5. The molecule has 0 bridgehead atoms. The minimum Gasteiger partial charge on any atom is -0.356 e. The van der Waals surface area contributed by atoms with Gasteiger partial charge >= 0.3 is 0 Å². The fourth-order valence-corrected chi connectivity index (χ4v) is 1.47. The van der Waals surface area contributed by atoms with Crippen molar-refractivity contribution in [1.29, 1.82) is 0 Å². The van der Waals surface area contributed by atoms with Gasteiger partial charge in [-0.2, -0.15) is 11.8 Å². The molecule has 0 saturated heterocycles. The van der Waals surface area contributed by atoms with Gasteiger partial charge in [0.1, 0.15) is 0 Å². The van der Waals surface area contributed by atoms with Crippen LogP contribution in [0.25, 0.3) is 0 Å². The Morgan fingerprint density at radius 3 is 2.64 bits per heavy atom. The second-order valence-electron chi connectivity index (χ2n) is 3.47. The molecule has 0 spiro atoms. The molecule has 14 heavy (non-hydrogen) atoms. The highest BCUT2D eigenvalue weighted by molar-refractivity contribution is 7.99. The molecule has 0 fully saturated rings. The van der Waals surface area contributed by atoms with Crippen molar-refractivity contribution in [2.75, 3.05) is 19.3 Å². The molecule has 84 valence electrons. The predicted octanol–water partition coefficient (Wildman–Crippen LogP) is 1.23. The van der Waals surface area contributed by atoms with Gasteiger partial charge in [-0.1, -0.05) is 13.8 Å². The Hall–Kier alpha value is -0.220. The van der Waals surface area contributed by atoms with E-state index in [1.54, 1.807) is 0 Å². The first kappa shape index (κ1) is 13.8. The first-order valence-corrected chi connectivity index (χ1v) is 6.45. The van der Waals surface area contributed by atoms with Gasteiger partial charge in [-0.25, -0.2) is 0 Å². The third kappa shape index (κ3) is 5.50. The van der Waals surface area contributed by atoms with Crippen LogP contribution in [0, 0.1) is 5.92 Å². The maximum Gasteiger partial charge on any atom is 0.224 e. The zero-order valence-electron chi connectivity index (χ0n) is 9.38. The van der Waals surface area contributed by atoms with Crippen LogP contribution in [0.3, 0.4) is 0 Å². The van der Waals surface area contributed by atoms with E-state index in [4.69, 9.17) is 5.73 Å². The summed E-state index contributed by atoms with van der Waals surface area (Å²) < 4.78 is 0. The van der Waals surface area contributed by atoms with Gasteiger partial charge in [-0.3, -0.25) is 4.79 Å². The molecule has 0 saturated carbocycles. The topological polar surface area (TPSA) is 55.1 Å². The molecule has 0 aliphatic carbocycles. The summed E-state index contributed by atoms with van der Waals surface area (Å²) in [7, 11) is 0. The molecule has 4 heteroatoms. The molecule has 0 aromatic heterocycles. The van der Waals surface area contributed by atoms with E-state index in [9.17, 15) is 4.79 Å². The Morgan fingerprint density at radius 1 is 1.57 bits per heavy atom. The molecule has 0 aliphatic heterocycles. The van der Waals surface area contributed by atoms with Crippen LogP contribution in [0.4, 0.5) is 0 Å². The fourth-order valence-electron chi connectivity index (χ4n) is 1.12. The second kappa shape index (κ2) is 8.12. The molecule has 0 aromatic rings. The number of amides is 1. The summed E-state index contributed by atoms with van der Waals surface area (Å²) >= 11 is 1.82. The SMILES string of the molecule is CCC(CN)C(=O)NCCC(C)SC. The smallest absolute Gasteiger partial charge is 0.224 e. The Bertz CT molecular complexity index is 160. The normalized spacial score (nSPS) is 14.9. The van der Waals surface area contributed by atoms with Crippen molar-refractivity contribution in [3.05, 3.63) is 0 Å². The lowest BCUT2D eigenvalue weighted by Crippen LogP contribution is -2.35. The molecule has 0 rings (SSSR count). The number of nitrogens with one attached hydrogen (secondary N) is 1. The number of nitrogens with two attached hydrogens (primary N) is 1. The van der Waals surface area contributed by atoms with Crippen molar-refractivity contribution in [1.82, 2.24) is 5.32 Å². The van der Waals surface area contributed by atoms with Crippen LogP contribution in [0.1, 0.15) is 26.7 Å². The highest BCUT2D eigenvalue weighted by Crippen LogP contribution is 2.08. The number of rotatable bonds is 7. The first-order valence-electron chi connectivity index (χ1n) is 5.16. The van der Waals surface area contributed by atoms with Crippen molar-refractivity contribution in [3.63, 3.8) is 0 Å². The maximum absolute atomic E-state index is 11.5. The van der Waals surface area contributed by atoms with Crippen molar-refractivity contribution in [3.8, 4) is 0 Å². The summed E-state index contributed by atoms with van der Waals surface area (Å²) in [5, 5.41) is 3.52. The van der Waals surface area contributed by atoms with E-state index < -0.39 is 0 Å². The monoisotopic (exact) mass is 218 g/mol. The van der Waals surface area contributed by atoms with E-state index in [-0.39, 0.29) is 11.8 Å². The molecule has 3 nitrogen and oxygen atoms in total. The molecule has 2 unspecified atom stereocenters. The van der Waals surface area contributed by atoms with Crippen molar-refractivity contribution in [2.24, 2.45) is 11.7 Å². The molecular weight excluding hydrogens is 196 g/mol. The lowest BCUT2D eigenvalue weighted by Gasteiger charge is -2.13. The van der Waals surface area contributed by atoms with Crippen LogP contribution in [0.15, 0.2) is 0 Å². The van der Waals surface area contributed by atoms with Crippen LogP contribution >= 0.6 is 11.8 Å².